The minimum atomic E-state index is 0.727. The molecule has 0 amide bonds. The van der Waals surface area contributed by atoms with Crippen LogP contribution in [0.15, 0.2) is 53.2 Å². The number of hydrogen-bond acceptors (Lipinski definition) is 1. The van der Waals surface area contributed by atoms with E-state index in [0.29, 0.717) is 0 Å². The second-order valence-corrected chi connectivity index (χ2v) is 4.49. The van der Waals surface area contributed by atoms with E-state index < -0.39 is 0 Å². The second kappa shape index (κ2) is 5.11. The maximum absolute atomic E-state index is 4.43. The van der Waals surface area contributed by atoms with Crippen LogP contribution in [0.3, 0.4) is 0 Å². The Bertz CT molecular complexity index is 394. The molecule has 0 N–H and O–H groups in total. The lowest BCUT2D eigenvalue weighted by atomic mass is 9.90. The number of hydrogen-bond donors (Lipinski definition) is 0. The average molecular weight is 213 g/mol. The minimum Gasteiger partial charge on any atom is -0.256 e. The largest absolute Gasteiger partial charge is 0.256 e. The maximum atomic E-state index is 4.43. The van der Waals surface area contributed by atoms with E-state index in [0.717, 1.165) is 18.8 Å². The molecule has 2 rings (SSSR count). The van der Waals surface area contributed by atoms with Gasteiger partial charge in [-0.25, -0.2) is 0 Å². The van der Waals surface area contributed by atoms with Crippen molar-refractivity contribution in [1.82, 2.24) is 0 Å². The van der Waals surface area contributed by atoms with Crippen LogP contribution in [0.2, 0.25) is 0 Å². The van der Waals surface area contributed by atoms with Gasteiger partial charge in [0.25, 0.3) is 0 Å². The molecule has 0 bridgehead atoms. The highest BCUT2D eigenvalue weighted by molar-refractivity contribution is 6.18. The lowest BCUT2D eigenvalue weighted by molar-refractivity contribution is 0.487. The Labute approximate surface area is 98.0 Å². The minimum absolute atomic E-state index is 0.727. The molecule has 1 aliphatic heterocycles. The summed E-state index contributed by atoms with van der Waals surface area (Å²) >= 11 is 0. The molecular formula is C15H19N. The molecule has 1 aliphatic carbocycles. The zero-order valence-corrected chi connectivity index (χ0v) is 9.95. The van der Waals surface area contributed by atoms with Crippen LogP contribution in [0, 0.1) is 5.92 Å². The molecule has 0 radical (unpaired) electrons. The van der Waals surface area contributed by atoms with Crippen LogP contribution < -0.4 is 0 Å². The van der Waals surface area contributed by atoms with Crippen LogP contribution in [0.1, 0.15) is 32.6 Å². The van der Waals surface area contributed by atoms with Crippen molar-refractivity contribution in [1.29, 1.82) is 0 Å². The van der Waals surface area contributed by atoms with Gasteiger partial charge < -0.3 is 0 Å². The molecule has 2 aliphatic rings. The van der Waals surface area contributed by atoms with Gasteiger partial charge in [0.1, 0.15) is 0 Å². The summed E-state index contributed by atoms with van der Waals surface area (Å²) in [5, 5.41) is 0. The normalized spacial score (nSPS) is 18.9. The standard InChI is InChI=1S/C15H19N/c1-3-5-12(6-4-2)11-14-8-7-13-9-10-16-15(13)14/h3,7-10,12H,1,4-6,11H2,2H3. The third-order valence-corrected chi connectivity index (χ3v) is 3.20. The molecule has 0 fully saturated rings. The summed E-state index contributed by atoms with van der Waals surface area (Å²) in [7, 11) is 0. The molecular weight excluding hydrogens is 194 g/mol. The van der Waals surface area contributed by atoms with Gasteiger partial charge in [-0.05, 0) is 30.4 Å². The Kier molecular flexibility index (Phi) is 3.55. The van der Waals surface area contributed by atoms with E-state index in [4.69, 9.17) is 0 Å². The van der Waals surface area contributed by atoms with Crippen LogP contribution in [-0.4, -0.2) is 5.71 Å². The monoisotopic (exact) mass is 213 g/mol. The summed E-state index contributed by atoms with van der Waals surface area (Å²) in [5.74, 6) is 0.727. The second-order valence-electron chi connectivity index (χ2n) is 4.49. The highest BCUT2D eigenvalue weighted by Crippen LogP contribution is 2.29. The first-order valence-corrected chi connectivity index (χ1v) is 6.12. The maximum Gasteiger partial charge on any atom is 0.0734 e. The number of rotatable bonds is 6. The molecule has 0 saturated carbocycles. The van der Waals surface area contributed by atoms with Crippen LogP contribution >= 0.6 is 0 Å². The fourth-order valence-corrected chi connectivity index (χ4v) is 2.44. The first-order valence-electron chi connectivity index (χ1n) is 6.12. The van der Waals surface area contributed by atoms with E-state index in [1.165, 1.54) is 29.7 Å². The third-order valence-electron chi connectivity index (χ3n) is 3.20. The van der Waals surface area contributed by atoms with Gasteiger partial charge >= 0.3 is 0 Å². The van der Waals surface area contributed by atoms with Crippen molar-refractivity contribution in [3.63, 3.8) is 0 Å². The van der Waals surface area contributed by atoms with Gasteiger partial charge in [0.05, 0.1) is 5.71 Å². The number of nitrogens with zero attached hydrogens (tertiary/aromatic N) is 1. The summed E-state index contributed by atoms with van der Waals surface area (Å²) in [6, 6.07) is 0. The Morgan fingerprint density at radius 2 is 2.31 bits per heavy atom. The third kappa shape index (κ3) is 2.24. The fraction of sp³-hybridized carbons (Fsp3) is 0.400. The molecule has 0 saturated heterocycles. The molecule has 0 aromatic heterocycles. The van der Waals surface area contributed by atoms with Crippen molar-refractivity contribution in [2.75, 3.05) is 0 Å². The van der Waals surface area contributed by atoms with E-state index in [2.05, 4.69) is 36.7 Å². The predicted octanol–water partition coefficient (Wildman–Crippen LogP) is 4.20. The van der Waals surface area contributed by atoms with Crippen molar-refractivity contribution < 1.29 is 0 Å². The molecule has 16 heavy (non-hydrogen) atoms. The van der Waals surface area contributed by atoms with E-state index in [1.54, 1.807) is 0 Å². The van der Waals surface area contributed by atoms with Gasteiger partial charge in [0.15, 0.2) is 0 Å². The lowest BCUT2D eigenvalue weighted by Gasteiger charge is -2.15. The van der Waals surface area contributed by atoms with Gasteiger partial charge in [-0.1, -0.05) is 38.0 Å². The molecule has 1 nitrogen and oxygen atoms in total. The SMILES string of the molecule is C=CCC(CCC)CC1=CC=C2C=CN=C21. The predicted molar refractivity (Wildman–Crippen MR) is 70.6 cm³/mol. The van der Waals surface area contributed by atoms with Gasteiger partial charge in [0.2, 0.25) is 0 Å². The fourth-order valence-electron chi connectivity index (χ4n) is 2.44. The Morgan fingerprint density at radius 3 is 3.06 bits per heavy atom. The summed E-state index contributed by atoms with van der Waals surface area (Å²) in [6.07, 6.45) is 15.2. The van der Waals surface area contributed by atoms with Gasteiger partial charge in [-0.15, -0.1) is 6.58 Å². The zero-order valence-electron chi connectivity index (χ0n) is 9.95. The van der Waals surface area contributed by atoms with Crippen LogP contribution in [0.4, 0.5) is 0 Å². The van der Waals surface area contributed by atoms with Crippen LogP contribution in [0.25, 0.3) is 0 Å². The van der Waals surface area contributed by atoms with Crippen molar-refractivity contribution >= 4 is 5.71 Å². The summed E-state index contributed by atoms with van der Waals surface area (Å²) in [5.41, 5.74) is 3.88. The van der Waals surface area contributed by atoms with Crippen LogP contribution in [-0.2, 0) is 0 Å². The highest BCUT2D eigenvalue weighted by Gasteiger charge is 2.20. The topological polar surface area (TPSA) is 12.4 Å². The zero-order chi connectivity index (χ0) is 11.4. The van der Waals surface area contributed by atoms with Gasteiger partial charge in [-0.3, -0.25) is 4.99 Å². The number of aliphatic imine (C=N–C) groups is 1. The Morgan fingerprint density at radius 1 is 1.44 bits per heavy atom. The molecule has 1 atom stereocenters. The average Bonchev–Trinajstić information content (AvgIpc) is 2.83. The lowest BCUT2D eigenvalue weighted by Crippen LogP contribution is -2.06. The van der Waals surface area contributed by atoms with E-state index in [1.807, 2.05) is 12.3 Å². The van der Waals surface area contributed by atoms with Crippen molar-refractivity contribution in [3.05, 3.63) is 48.2 Å². The smallest absolute Gasteiger partial charge is 0.0734 e. The van der Waals surface area contributed by atoms with Crippen LogP contribution in [0.5, 0.6) is 0 Å². The Balaban J connectivity index is 1.97. The summed E-state index contributed by atoms with van der Waals surface area (Å²) in [4.78, 5) is 4.43. The molecule has 1 unspecified atom stereocenters. The highest BCUT2D eigenvalue weighted by atomic mass is 14.7. The molecule has 1 heterocycles. The van der Waals surface area contributed by atoms with Crippen molar-refractivity contribution in [2.45, 2.75) is 32.6 Å². The quantitative estimate of drug-likeness (QED) is 0.586. The van der Waals surface area contributed by atoms with E-state index in [-0.39, 0.29) is 0 Å². The summed E-state index contributed by atoms with van der Waals surface area (Å²) < 4.78 is 0. The van der Waals surface area contributed by atoms with E-state index in [9.17, 15) is 0 Å². The van der Waals surface area contributed by atoms with Gasteiger partial charge in [-0.2, -0.15) is 0 Å². The first kappa shape index (κ1) is 11.1. The molecule has 84 valence electrons. The number of allylic oxidation sites excluding steroid dienone is 6. The Hall–Kier alpha value is -1.37. The summed E-state index contributed by atoms with van der Waals surface area (Å²) in [6.45, 7) is 6.10. The molecule has 1 heteroatoms. The van der Waals surface area contributed by atoms with Gasteiger partial charge in [0, 0.05) is 11.8 Å². The molecule has 0 aromatic rings. The first-order chi connectivity index (χ1) is 7.85. The van der Waals surface area contributed by atoms with Crippen molar-refractivity contribution in [3.8, 4) is 0 Å². The van der Waals surface area contributed by atoms with Crippen molar-refractivity contribution in [2.24, 2.45) is 10.9 Å². The molecule has 0 aromatic carbocycles. The number of fused-ring (bicyclic) bond motifs is 1. The van der Waals surface area contributed by atoms with E-state index >= 15 is 0 Å². The molecule has 0 spiro atoms.